The molecule has 0 aliphatic heterocycles. The molecule has 0 atom stereocenters. The number of amides is 2. The summed E-state index contributed by atoms with van der Waals surface area (Å²) in [7, 11) is 0. The van der Waals surface area contributed by atoms with Gasteiger partial charge in [0, 0.05) is 17.3 Å². The maximum atomic E-state index is 11.9. The monoisotopic (exact) mass is 344 g/mol. The number of hydrogen-bond donors (Lipinski definition) is 2. The van der Waals surface area contributed by atoms with Gasteiger partial charge >= 0.3 is 11.8 Å². The fourth-order valence-corrected chi connectivity index (χ4v) is 2.45. The van der Waals surface area contributed by atoms with Gasteiger partial charge in [0.2, 0.25) is 0 Å². The van der Waals surface area contributed by atoms with Crippen LogP contribution < -0.4 is 10.6 Å². The van der Waals surface area contributed by atoms with E-state index in [1.165, 1.54) is 5.56 Å². The molecule has 0 aromatic heterocycles. The van der Waals surface area contributed by atoms with Gasteiger partial charge in [0.15, 0.2) is 0 Å². The molecule has 2 aromatic carbocycles. The number of anilines is 1. The Morgan fingerprint density at radius 3 is 2.38 bits per heavy atom. The van der Waals surface area contributed by atoms with Gasteiger partial charge in [-0.2, -0.15) is 0 Å². The second-order valence-electron chi connectivity index (χ2n) is 5.87. The molecule has 0 radical (unpaired) electrons. The molecule has 0 aliphatic carbocycles. The molecular formula is C19H21ClN2O2. The first kappa shape index (κ1) is 18.0. The van der Waals surface area contributed by atoms with Crippen LogP contribution in [0.15, 0.2) is 48.5 Å². The molecule has 2 N–H and O–H groups in total. The first-order valence-corrected chi connectivity index (χ1v) is 8.27. The molecule has 0 unspecified atom stereocenters. The number of carbonyl (C=O) groups excluding carboxylic acids is 2. The molecular weight excluding hydrogens is 324 g/mol. The lowest BCUT2D eigenvalue weighted by Gasteiger charge is -2.09. The van der Waals surface area contributed by atoms with Crippen LogP contribution in [-0.2, 0) is 16.0 Å². The Kier molecular flexibility index (Phi) is 6.38. The van der Waals surface area contributed by atoms with Crippen LogP contribution >= 0.6 is 11.6 Å². The lowest BCUT2D eigenvalue weighted by molar-refractivity contribution is -0.136. The van der Waals surface area contributed by atoms with Gasteiger partial charge in [-0.15, -0.1) is 0 Å². The summed E-state index contributed by atoms with van der Waals surface area (Å²) in [6.45, 7) is 4.57. The van der Waals surface area contributed by atoms with Crippen molar-refractivity contribution >= 4 is 29.1 Å². The summed E-state index contributed by atoms with van der Waals surface area (Å²) < 4.78 is 0. The average Bonchev–Trinajstić information content (AvgIpc) is 2.55. The third kappa shape index (κ3) is 5.39. The van der Waals surface area contributed by atoms with E-state index >= 15 is 0 Å². The minimum Gasteiger partial charge on any atom is -0.347 e. The molecule has 2 aromatic rings. The molecule has 0 heterocycles. The molecule has 0 fully saturated rings. The fourth-order valence-electron chi connectivity index (χ4n) is 2.23. The summed E-state index contributed by atoms with van der Waals surface area (Å²) in [5.74, 6) is -0.895. The van der Waals surface area contributed by atoms with Gasteiger partial charge in [-0.1, -0.05) is 49.7 Å². The van der Waals surface area contributed by atoms with Gasteiger partial charge in [-0.3, -0.25) is 9.59 Å². The van der Waals surface area contributed by atoms with Crippen LogP contribution in [0, 0.1) is 0 Å². The van der Waals surface area contributed by atoms with Gasteiger partial charge in [-0.25, -0.2) is 0 Å². The van der Waals surface area contributed by atoms with Crippen molar-refractivity contribution in [2.45, 2.75) is 26.2 Å². The van der Waals surface area contributed by atoms with E-state index in [0.717, 1.165) is 5.56 Å². The van der Waals surface area contributed by atoms with Crippen LogP contribution in [0.3, 0.4) is 0 Å². The van der Waals surface area contributed by atoms with Crippen molar-refractivity contribution in [3.63, 3.8) is 0 Å². The van der Waals surface area contributed by atoms with E-state index in [0.29, 0.717) is 29.6 Å². The fraction of sp³-hybridized carbons (Fsp3) is 0.263. The summed E-state index contributed by atoms with van der Waals surface area (Å²) in [5.41, 5.74) is 2.79. The number of nitrogens with one attached hydrogen (secondary N) is 2. The molecule has 0 aliphatic rings. The summed E-state index contributed by atoms with van der Waals surface area (Å²) in [6, 6.07) is 14.9. The third-order valence-corrected chi connectivity index (χ3v) is 3.86. The number of hydrogen-bond acceptors (Lipinski definition) is 2. The predicted octanol–water partition coefficient (Wildman–Crippen LogP) is 3.76. The minimum absolute atomic E-state index is 0.374. The second kappa shape index (κ2) is 8.50. The Labute approximate surface area is 147 Å². The minimum atomic E-state index is -0.668. The molecule has 0 spiro atoms. The van der Waals surface area contributed by atoms with Gasteiger partial charge in [0.1, 0.15) is 0 Å². The van der Waals surface area contributed by atoms with Crippen molar-refractivity contribution in [1.29, 1.82) is 0 Å². The number of rotatable bonds is 5. The predicted molar refractivity (Wildman–Crippen MR) is 97.3 cm³/mol. The molecule has 2 amide bonds. The summed E-state index contributed by atoms with van der Waals surface area (Å²) in [6.07, 6.45) is 0.614. The van der Waals surface area contributed by atoms with Crippen LogP contribution in [0.25, 0.3) is 0 Å². The third-order valence-electron chi connectivity index (χ3n) is 3.63. The Morgan fingerprint density at radius 2 is 1.75 bits per heavy atom. The zero-order valence-corrected chi connectivity index (χ0v) is 14.6. The maximum absolute atomic E-state index is 11.9. The van der Waals surface area contributed by atoms with Gasteiger partial charge in [0.25, 0.3) is 0 Å². The number of benzene rings is 2. The zero-order chi connectivity index (χ0) is 17.5. The first-order valence-electron chi connectivity index (χ1n) is 7.89. The van der Waals surface area contributed by atoms with E-state index in [2.05, 4.69) is 24.5 Å². The standard InChI is InChI=1S/C19H21ClN2O2/c1-13(2)15-6-8-17(9-7-15)22-19(24)18(23)21-11-10-14-4-3-5-16(20)12-14/h3-9,12-13H,10-11H2,1-2H3,(H,21,23)(H,22,24). The highest BCUT2D eigenvalue weighted by molar-refractivity contribution is 6.39. The number of halogens is 1. The largest absolute Gasteiger partial charge is 0.347 e. The van der Waals surface area contributed by atoms with E-state index in [9.17, 15) is 9.59 Å². The smallest absolute Gasteiger partial charge is 0.313 e. The molecule has 0 bridgehead atoms. The molecule has 4 nitrogen and oxygen atoms in total. The average molecular weight is 345 g/mol. The maximum Gasteiger partial charge on any atom is 0.313 e. The molecule has 126 valence electrons. The SMILES string of the molecule is CC(C)c1ccc(NC(=O)C(=O)NCCc2cccc(Cl)c2)cc1. The van der Waals surface area contributed by atoms with E-state index in [-0.39, 0.29) is 0 Å². The van der Waals surface area contributed by atoms with E-state index in [1.54, 1.807) is 18.2 Å². The highest BCUT2D eigenvalue weighted by Crippen LogP contribution is 2.17. The Bertz CT molecular complexity index is 712. The van der Waals surface area contributed by atoms with Crippen LogP contribution in [0.2, 0.25) is 5.02 Å². The Morgan fingerprint density at radius 1 is 1.04 bits per heavy atom. The van der Waals surface area contributed by atoms with Crippen molar-refractivity contribution in [3.8, 4) is 0 Å². The summed E-state index contributed by atoms with van der Waals surface area (Å²) in [5, 5.41) is 5.85. The van der Waals surface area contributed by atoms with Crippen molar-refractivity contribution in [2.75, 3.05) is 11.9 Å². The van der Waals surface area contributed by atoms with E-state index in [4.69, 9.17) is 11.6 Å². The van der Waals surface area contributed by atoms with Crippen LogP contribution in [0.4, 0.5) is 5.69 Å². The molecule has 24 heavy (non-hydrogen) atoms. The second-order valence-corrected chi connectivity index (χ2v) is 6.30. The van der Waals surface area contributed by atoms with Gasteiger partial charge in [0.05, 0.1) is 0 Å². The Hall–Kier alpha value is -2.33. The van der Waals surface area contributed by atoms with Crippen molar-refractivity contribution in [2.24, 2.45) is 0 Å². The van der Waals surface area contributed by atoms with Crippen molar-refractivity contribution < 1.29 is 9.59 Å². The van der Waals surface area contributed by atoms with Gasteiger partial charge < -0.3 is 10.6 Å². The van der Waals surface area contributed by atoms with Crippen molar-refractivity contribution in [1.82, 2.24) is 5.32 Å². The molecule has 5 heteroatoms. The lowest BCUT2D eigenvalue weighted by Crippen LogP contribution is -2.36. The normalized spacial score (nSPS) is 10.5. The first-order chi connectivity index (χ1) is 11.5. The summed E-state index contributed by atoms with van der Waals surface area (Å²) >= 11 is 5.91. The van der Waals surface area contributed by atoms with E-state index in [1.807, 2.05) is 30.3 Å². The van der Waals surface area contributed by atoms with Gasteiger partial charge in [-0.05, 0) is 47.7 Å². The van der Waals surface area contributed by atoms with Crippen molar-refractivity contribution in [3.05, 3.63) is 64.7 Å². The van der Waals surface area contributed by atoms with Crippen LogP contribution in [0.1, 0.15) is 30.9 Å². The highest BCUT2D eigenvalue weighted by Gasteiger charge is 2.13. The number of carbonyl (C=O) groups is 2. The topological polar surface area (TPSA) is 58.2 Å². The summed E-state index contributed by atoms with van der Waals surface area (Å²) in [4.78, 5) is 23.7. The van der Waals surface area contributed by atoms with Crippen LogP contribution in [-0.4, -0.2) is 18.4 Å². The molecule has 0 saturated carbocycles. The quantitative estimate of drug-likeness (QED) is 0.811. The molecule has 2 rings (SSSR count). The van der Waals surface area contributed by atoms with E-state index < -0.39 is 11.8 Å². The zero-order valence-electron chi connectivity index (χ0n) is 13.8. The Balaban J connectivity index is 1.80. The molecule has 0 saturated heterocycles. The van der Waals surface area contributed by atoms with Crippen LogP contribution in [0.5, 0.6) is 0 Å². The lowest BCUT2D eigenvalue weighted by atomic mass is 10.0. The highest BCUT2D eigenvalue weighted by atomic mass is 35.5.